The Hall–Kier alpha value is -0.340. The molecule has 1 atom stereocenters. The summed E-state index contributed by atoms with van der Waals surface area (Å²) in [5.74, 6) is 0. The molecule has 15 heavy (non-hydrogen) atoms. The molecule has 0 aromatic carbocycles. The minimum Gasteiger partial charge on any atom is -0.309 e. The maximum Gasteiger partial charge on any atom is 0.0125 e. The van der Waals surface area contributed by atoms with Gasteiger partial charge in [-0.05, 0) is 44.6 Å². The average molecular weight is 225 g/mol. The monoisotopic (exact) mass is 225 g/mol. The van der Waals surface area contributed by atoms with E-state index in [2.05, 4.69) is 50.5 Å². The van der Waals surface area contributed by atoms with Crippen LogP contribution < -0.4 is 5.32 Å². The molecule has 1 aromatic rings. The second-order valence-corrected chi connectivity index (χ2v) is 5.80. The zero-order valence-electron chi connectivity index (χ0n) is 10.3. The lowest BCUT2D eigenvalue weighted by atomic mass is 9.98. The van der Waals surface area contributed by atoms with Crippen LogP contribution in [0.1, 0.15) is 45.4 Å². The molecule has 1 rings (SSSR count). The van der Waals surface area contributed by atoms with Crippen LogP contribution in [-0.4, -0.2) is 11.6 Å². The molecular formula is C13H23NS. The predicted molar refractivity (Wildman–Crippen MR) is 69.6 cm³/mol. The van der Waals surface area contributed by atoms with Gasteiger partial charge in [0.1, 0.15) is 0 Å². The molecule has 2 heteroatoms. The summed E-state index contributed by atoms with van der Waals surface area (Å²) in [6, 6.07) is 4.98. The van der Waals surface area contributed by atoms with Gasteiger partial charge in [-0.3, -0.25) is 0 Å². The molecule has 1 unspecified atom stereocenters. The minimum atomic E-state index is 0.262. The van der Waals surface area contributed by atoms with Crippen molar-refractivity contribution in [1.82, 2.24) is 5.32 Å². The van der Waals surface area contributed by atoms with Crippen molar-refractivity contribution in [3.63, 3.8) is 0 Å². The van der Waals surface area contributed by atoms with Gasteiger partial charge in [-0.1, -0.05) is 19.9 Å². The molecule has 0 bridgehead atoms. The number of rotatable bonds is 6. The number of hydrogen-bond acceptors (Lipinski definition) is 2. The standard InChI is InChI=1S/C13H23NS/c1-5-11(14-13(3,4)6-2)10-12-8-7-9-15-12/h7-9,11,14H,5-6,10H2,1-4H3. The zero-order valence-corrected chi connectivity index (χ0v) is 11.2. The fourth-order valence-electron chi connectivity index (χ4n) is 1.62. The molecule has 86 valence electrons. The fraction of sp³-hybridized carbons (Fsp3) is 0.692. The van der Waals surface area contributed by atoms with Crippen LogP contribution in [0.3, 0.4) is 0 Å². The van der Waals surface area contributed by atoms with Crippen LogP contribution in [0, 0.1) is 0 Å². The van der Waals surface area contributed by atoms with Gasteiger partial charge in [-0.15, -0.1) is 11.3 Å². The highest BCUT2D eigenvalue weighted by Gasteiger charge is 2.19. The first-order valence-corrected chi connectivity index (χ1v) is 6.75. The lowest BCUT2D eigenvalue weighted by Gasteiger charge is -2.30. The van der Waals surface area contributed by atoms with Crippen LogP contribution in [0.15, 0.2) is 17.5 Å². The van der Waals surface area contributed by atoms with Crippen molar-refractivity contribution < 1.29 is 0 Å². The van der Waals surface area contributed by atoms with E-state index in [1.807, 2.05) is 11.3 Å². The summed E-state index contributed by atoms with van der Waals surface area (Å²) in [5, 5.41) is 5.90. The molecule has 0 aliphatic heterocycles. The maximum absolute atomic E-state index is 3.74. The predicted octanol–water partition coefficient (Wildman–Crippen LogP) is 3.85. The van der Waals surface area contributed by atoms with E-state index in [0.717, 1.165) is 6.42 Å². The van der Waals surface area contributed by atoms with Crippen molar-refractivity contribution in [3.8, 4) is 0 Å². The summed E-state index contributed by atoms with van der Waals surface area (Å²) in [7, 11) is 0. The lowest BCUT2D eigenvalue weighted by Crippen LogP contribution is -2.46. The van der Waals surface area contributed by atoms with Crippen molar-refractivity contribution in [2.45, 2.75) is 58.5 Å². The summed E-state index contributed by atoms with van der Waals surface area (Å²) in [6.45, 7) is 9.07. The van der Waals surface area contributed by atoms with Crippen molar-refractivity contribution in [2.24, 2.45) is 0 Å². The van der Waals surface area contributed by atoms with E-state index >= 15 is 0 Å². The Morgan fingerprint density at radius 3 is 2.60 bits per heavy atom. The Bertz CT molecular complexity index is 264. The van der Waals surface area contributed by atoms with E-state index in [1.54, 1.807) is 0 Å². The summed E-state index contributed by atoms with van der Waals surface area (Å²) >= 11 is 1.86. The Morgan fingerprint density at radius 2 is 2.13 bits per heavy atom. The highest BCUT2D eigenvalue weighted by Crippen LogP contribution is 2.16. The second kappa shape index (κ2) is 5.66. The first kappa shape index (κ1) is 12.7. The van der Waals surface area contributed by atoms with E-state index < -0.39 is 0 Å². The molecule has 0 aliphatic carbocycles. The minimum absolute atomic E-state index is 0.262. The van der Waals surface area contributed by atoms with Crippen molar-refractivity contribution >= 4 is 11.3 Å². The Balaban J connectivity index is 2.50. The first-order valence-electron chi connectivity index (χ1n) is 5.87. The van der Waals surface area contributed by atoms with E-state index in [4.69, 9.17) is 0 Å². The van der Waals surface area contributed by atoms with Gasteiger partial charge in [0.2, 0.25) is 0 Å². The zero-order chi connectivity index (χ0) is 11.3. The van der Waals surface area contributed by atoms with Crippen LogP contribution in [-0.2, 0) is 6.42 Å². The molecule has 0 amide bonds. The van der Waals surface area contributed by atoms with E-state index in [0.29, 0.717) is 6.04 Å². The molecule has 0 saturated carbocycles. The van der Waals surface area contributed by atoms with Crippen molar-refractivity contribution in [2.75, 3.05) is 0 Å². The summed E-state index contributed by atoms with van der Waals surface area (Å²) in [5.41, 5.74) is 0.262. The number of thiophene rings is 1. The van der Waals surface area contributed by atoms with Gasteiger partial charge in [0, 0.05) is 16.5 Å². The molecule has 1 heterocycles. The van der Waals surface area contributed by atoms with Crippen LogP contribution in [0.4, 0.5) is 0 Å². The number of hydrogen-bond donors (Lipinski definition) is 1. The third-order valence-corrected chi connectivity index (χ3v) is 3.90. The highest BCUT2D eigenvalue weighted by atomic mass is 32.1. The van der Waals surface area contributed by atoms with Gasteiger partial charge in [0.15, 0.2) is 0 Å². The molecule has 1 N–H and O–H groups in total. The third-order valence-electron chi connectivity index (χ3n) is 3.00. The molecule has 0 radical (unpaired) electrons. The van der Waals surface area contributed by atoms with Gasteiger partial charge in [-0.2, -0.15) is 0 Å². The summed E-state index contributed by atoms with van der Waals surface area (Å²) < 4.78 is 0. The Morgan fingerprint density at radius 1 is 1.40 bits per heavy atom. The molecule has 0 fully saturated rings. The van der Waals surface area contributed by atoms with E-state index in [9.17, 15) is 0 Å². The van der Waals surface area contributed by atoms with E-state index in [1.165, 1.54) is 17.7 Å². The fourth-order valence-corrected chi connectivity index (χ4v) is 2.41. The van der Waals surface area contributed by atoms with Gasteiger partial charge in [0.25, 0.3) is 0 Å². The average Bonchev–Trinajstić information content (AvgIpc) is 2.69. The first-order chi connectivity index (χ1) is 7.07. The third kappa shape index (κ3) is 4.35. The van der Waals surface area contributed by atoms with Crippen LogP contribution >= 0.6 is 11.3 Å². The second-order valence-electron chi connectivity index (χ2n) is 4.77. The van der Waals surface area contributed by atoms with Gasteiger partial charge in [-0.25, -0.2) is 0 Å². The Kier molecular flexibility index (Phi) is 4.81. The van der Waals surface area contributed by atoms with Crippen LogP contribution in [0.25, 0.3) is 0 Å². The quantitative estimate of drug-likeness (QED) is 0.775. The topological polar surface area (TPSA) is 12.0 Å². The maximum atomic E-state index is 3.74. The molecule has 1 aromatic heterocycles. The SMILES string of the molecule is CCC(Cc1cccs1)NC(C)(C)CC. The van der Waals surface area contributed by atoms with Crippen molar-refractivity contribution in [1.29, 1.82) is 0 Å². The molecular weight excluding hydrogens is 202 g/mol. The summed E-state index contributed by atoms with van der Waals surface area (Å²) in [4.78, 5) is 1.49. The molecule has 1 nitrogen and oxygen atoms in total. The lowest BCUT2D eigenvalue weighted by molar-refractivity contribution is 0.317. The van der Waals surface area contributed by atoms with Crippen molar-refractivity contribution in [3.05, 3.63) is 22.4 Å². The van der Waals surface area contributed by atoms with Crippen LogP contribution in [0.2, 0.25) is 0 Å². The smallest absolute Gasteiger partial charge is 0.0125 e. The summed E-state index contributed by atoms with van der Waals surface area (Å²) in [6.07, 6.45) is 3.53. The highest BCUT2D eigenvalue weighted by molar-refractivity contribution is 7.09. The number of nitrogens with one attached hydrogen (secondary N) is 1. The Labute approximate surface area is 97.9 Å². The largest absolute Gasteiger partial charge is 0.309 e. The van der Waals surface area contributed by atoms with E-state index in [-0.39, 0.29) is 5.54 Å². The van der Waals surface area contributed by atoms with Gasteiger partial charge >= 0.3 is 0 Å². The normalized spacial score (nSPS) is 14.1. The molecule has 0 aliphatic rings. The van der Waals surface area contributed by atoms with Crippen LogP contribution in [0.5, 0.6) is 0 Å². The molecule has 0 spiro atoms. The van der Waals surface area contributed by atoms with Gasteiger partial charge < -0.3 is 5.32 Å². The molecule has 0 saturated heterocycles. The van der Waals surface area contributed by atoms with Gasteiger partial charge in [0.05, 0.1) is 0 Å².